The number of rotatable bonds is 3. The van der Waals surface area contributed by atoms with E-state index in [4.69, 9.17) is 15.3 Å². The fourth-order valence-corrected chi connectivity index (χ4v) is 0.823. The van der Waals surface area contributed by atoms with Gasteiger partial charge in [-0.25, -0.2) is 0 Å². The maximum atomic E-state index is 11.3. The molecule has 0 aliphatic rings. The number of alkyl halides is 9. The summed E-state index contributed by atoms with van der Waals surface area (Å²) in [7, 11) is 0. The third-order valence-electron chi connectivity index (χ3n) is 1.89. The molecule has 0 spiro atoms. The van der Waals surface area contributed by atoms with Gasteiger partial charge in [0.05, 0.1) is 0 Å². The Labute approximate surface area is 182 Å². The topological polar surface area (TPSA) is 112 Å². The maximum absolute atomic E-state index is 11.3. The molecule has 0 heterocycles. The van der Waals surface area contributed by atoms with Gasteiger partial charge < -0.3 is 15.3 Å². The van der Waals surface area contributed by atoms with Crippen LogP contribution in [0.5, 0.6) is 0 Å². The summed E-state index contributed by atoms with van der Waals surface area (Å²) in [5, 5.41) is 24.2. The molecule has 16 heteroatoms. The molecule has 0 aromatic heterocycles. The molecule has 0 fully saturated rings. The number of allylic oxidation sites excluding steroid dienone is 6. The Morgan fingerprint density at radius 1 is 0.516 bits per heavy atom. The second-order valence-electron chi connectivity index (χ2n) is 4.91. The first-order valence-electron chi connectivity index (χ1n) is 6.97. The second-order valence-corrected chi connectivity index (χ2v) is 4.91. The van der Waals surface area contributed by atoms with E-state index in [1.54, 1.807) is 0 Å². The first kappa shape index (κ1) is 36.0. The van der Waals surface area contributed by atoms with Crippen molar-refractivity contribution >= 4 is 17.3 Å². The van der Waals surface area contributed by atoms with Gasteiger partial charge in [0.15, 0.2) is 17.3 Å². The minimum atomic E-state index is -4.81. The minimum absolute atomic E-state index is 0. The van der Waals surface area contributed by atoms with Crippen molar-refractivity contribution in [3.05, 3.63) is 35.5 Å². The Balaban J connectivity index is -0.000000174. The van der Waals surface area contributed by atoms with Crippen LogP contribution in [-0.4, -0.2) is 51.2 Å². The van der Waals surface area contributed by atoms with Crippen molar-refractivity contribution in [3.63, 3.8) is 0 Å². The molecule has 6 nitrogen and oxygen atoms in total. The molecule has 1 radical (unpaired) electrons. The second kappa shape index (κ2) is 14.6. The molecular weight excluding hydrogens is 639 g/mol. The molecule has 31 heavy (non-hydrogen) atoms. The standard InChI is InChI=1S/3C5H5F3O2.Ir/c3*1-3(9)2-4(10)5(6,7)8;/h3*2,10H,1H3;/b3*4-2+;. The third-order valence-corrected chi connectivity index (χ3v) is 1.89. The van der Waals surface area contributed by atoms with Crippen molar-refractivity contribution < 1.29 is 89.3 Å². The van der Waals surface area contributed by atoms with E-state index >= 15 is 0 Å². The summed E-state index contributed by atoms with van der Waals surface area (Å²) in [4.78, 5) is 29.9. The molecule has 0 bridgehead atoms. The monoisotopic (exact) mass is 655 g/mol. The molecule has 0 saturated carbocycles. The molecule has 0 aliphatic heterocycles. The van der Waals surface area contributed by atoms with Crippen LogP contribution in [0.4, 0.5) is 39.5 Å². The SMILES string of the molecule is CC(=O)/C=C(/O)C(F)(F)F.CC(=O)/C=C(/O)C(F)(F)F.CC(=O)/C=C(/O)C(F)(F)F.[Ir]. The molecule has 0 amide bonds. The van der Waals surface area contributed by atoms with Gasteiger partial charge >= 0.3 is 18.5 Å². The van der Waals surface area contributed by atoms with Crippen LogP contribution in [0, 0.1) is 0 Å². The average Bonchev–Trinajstić information content (AvgIpc) is 2.43. The summed E-state index contributed by atoms with van der Waals surface area (Å²) in [5.74, 6) is -8.10. The fraction of sp³-hybridized carbons (Fsp3) is 0.400. The quantitative estimate of drug-likeness (QED) is 0.231. The molecule has 0 atom stereocenters. The van der Waals surface area contributed by atoms with Crippen LogP contribution in [0.3, 0.4) is 0 Å². The minimum Gasteiger partial charge on any atom is -0.504 e. The Hall–Kier alpha value is -2.35. The third kappa shape index (κ3) is 23.8. The molecule has 0 unspecified atom stereocenters. The normalized spacial score (nSPS) is 13.0. The fourth-order valence-electron chi connectivity index (χ4n) is 0.823. The van der Waals surface area contributed by atoms with E-state index in [0.717, 1.165) is 20.8 Å². The molecule has 3 N–H and O–H groups in total. The molecule has 0 aromatic carbocycles. The van der Waals surface area contributed by atoms with Crippen LogP contribution in [0.25, 0.3) is 0 Å². The summed E-state index contributed by atoms with van der Waals surface area (Å²) in [6.45, 7) is 2.76. The zero-order chi connectivity index (χ0) is 25.1. The number of carbonyl (C=O) groups is 3. The van der Waals surface area contributed by atoms with Gasteiger partial charge in [0, 0.05) is 38.3 Å². The Morgan fingerprint density at radius 3 is 0.677 bits per heavy atom. The van der Waals surface area contributed by atoms with E-state index in [-0.39, 0.29) is 38.3 Å². The number of hydrogen-bond donors (Lipinski definition) is 3. The van der Waals surface area contributed by atoms with Crippen molar-refractivity contribution in [1.82, 2.24) is 0 Å². The van der Waals surface area contributed by atoms with Crippen LogP contribution in [0.15, 0.2) is 35.5 Å². The smallest absolute Gasteiger partial charge is 0.448 e. The predicted octanol–water partition coefficient (Wildman–Crippen LogP) is 4.74. The van der Waals surface area contributed by atoms with Gasteiger partial charge in [-0.3, -0.25) is 14.4 Å². The first-order chi connectivity index (χ1) is 13.0. The largest absolute Gasteiger partial charge is 0.504 e. The number of halogens is 9. The van der Waals surface area contributed by atoms with E-state index in [1.807, 2.05) is 0 Å². The molecule has 0 aromatic rings. The van der Waals surface area contributed by atoms with Gasteiger partial charge in [0.2, 0.25) is 17.3 Å². The van der Waals surface area contributed by atoms with E-state index in [2.05, 4.69) is 0 Å². The molecule has 0 rings (SSSR count). The van der Waals surface area contributed by atoms with Crippen molar-refractivity contribution in [1.29, 1.82) is 0 Å². The van der Waals surface area contributed by atoms with Crippen molar-refractivity contribution in [2.24, 2.45) is 0 Å². The van der Waals surface area contributed by atoms with Gasteiger partial charge in [0.25, 0.3) is 0 Å². The average molecular weight is 654 g/mol. The predicted molar refractivity (Wildman–Crippen MR) is 82.3 cm³/mol. The summed E-state index contributed by atoms with van der Waals surface area (Å²) >= 11 is 0. The van der Waals surface area contributed by atoms with Gasteiger partial charge in [-0.1, -0.05) is 0 Å². The van der Waals surface area contributed by atoms with Gasteiger partial charge in [-0.15, -0.1) is 0 Å². The van der Waals surface area contributed by atoms with Crippen molar-refractivity contribution in [3.8, 4) is 0 Å². The van der Waals surface area contributed by atoms with E-state index in [0.29, 0.717) is 0 Å². The van der Waals surface area contributed by atoms with E-state index in [9.17, 15) is 53.9 Å². The Kier molecular flexibility index (Phi) is 17.0. The molecule has 183 valence electrons. The van der Waals surface area contributed by atoms with Gasteiger partial charge in [-0.2, -0.15) is 39.5 Å². The first-order valence-corrected chi connectivity index (χ1v) is 6.97. The van der Waals surface area contributed by atoms with E-state index in [1.165, 1.54) is 0 Å². The van der Waals surface area contributed by atoms with Gasteiger partial charge in [0.1, 0.15) is 0 Å². The zero-order valence-electron chi connectivity index (χ0n) is 15.5. The van der Waals surface area contributed by atoms with Crippen molar-refractivity contribution in [2.45, 2.75) is 39.3 Å². The number of hydrogen-bond acceptors (Lipinski definition) is 6. The number of carbonyl (C=O) groups excluding carboxylic acids is 3. The van der Waals surface area contributed by atoms with Crippen molar-refractivity contribution in [2.75, 3.05) is 0 Å². The van der Waals surface area contributed by atoms with Crippen LogP contribution < -0.4 is 0 Å². The molecule has 0 aliphatic carbocycles. The summed E-state index contributed by atoms with van der Waals surface area (Å²) in [5.41, 5.74) is 0. The van der Waals surface area contributed by atoms with Gasteiger partial charge in [-0.05, 0) is 20.8 Å². The van der Waals surface area contributed by atoms with E-state index < -0.39 is 53.2 Å². The number of ketones is 3. The molecular formula is C15H15F9IrO6. The Bertz CT molecular complexity index is 606. The number of aliphatic hydroxyl groups excluding tert-OH is 3. The van der Waals surface area contributed by atoms with Crippen LogP contribution in [0.1, 0.15) is 20.8 Å². The van der Waals surface area contributed by atoms with Crippen LogP contribution in [0.2, 0.25) is 0 Å². The number of aliphatic hydroxyl groups is 3. The van der Waals surface area contributed by atoms with Crippen LogP contribution >= 0.6 is 0 Å². The maximum Gasteiger partial charge on any atom is 0.448 e. The summed E-state index contributed by atoms with van der Waals surface area (Å²) in [6, 6.07) is 0. The zero-order valence-corrected chi connectivity index (χ0v) is 17.9. The summed E-state index contributed by atoms with van der Waals surface area (Å²) < 4.78 is 102. The Morgan fingerprint density at radius 2 is 0.645 bits per heavy atom. The van der Waals surface area contributed by atoms with Crippen LogP contribution in [-0.2, 0) is 34.5 Å². The molecule has 0 saturated heterocycles. The summed E-state index contributed by atoms with van der Waals surface area (Å²) in [6.07, 6.45) is -14.1.